The maximum Gasteiger partial charge on any atom is 0.325 e. The molecule has 34 heavy (non-hydrogen) atoms. The van der Waals surface area contributed by atoms with Crippen LogP contribution >= 0.6 is 0 Å². The fourth-order valence-corrected chi connectivity index (χ4v) is 3.43. The molecule has 0 aliphatic rings. The minimum atomic E-state index is -0.680. The van der Waals surface area contributed by atoms with Gasteiger partial charge in [0.1, 0.15) is 6.54 Å². The lowest BCUT2D eigenvalue weighted by atomic mass is 10.1. The molecular formula is C27H29N3O4. The Balaban J connectivity index is 1.53. The molecule has 7 nitrogen and oxygen atoms in total. The zero-order valence-electron chi connectivity index (χ0n) is 19.6. The summed E-state index contributed by atoms with van der Waals surface area (Å²) in [5, 5.41) is 5.81. The van der Waals surface area contributed by atoms with Crippen LogP contribution in [-0.2, 0) is 14.3 Å². The Morgan fingerprint density at radius 1 is 0.882 bits per heavy atom. The van der Waals surface area contributed by atoms with Gasteiger partial charge in [0.25, 0.3) is 11.8 Å². The highest BCUT2D eigenvalue weighted by atomic mass is 16.5. The second-order valence-corrected chi connectivity index (χ2v) is 8.11. The zero-order chi connectivity index (χ0) is 24.5. The molecule has 0 heterocycles. The van der Waals surface area contributed by atoms with E-state index in [1.165, 1.54) is 0 Å². The summed E-state index contributed by atoms with van der Waals surface area (Å²) in [6.07, 6.45) is 0. The van der Waals surface area contributed by atoms with Gasteiger partial charge >= 0.3 is 5.97 Å². The molecule has 3 rings (SSSR count). The predicted octanol–water partition coefficient (Wildman–Crippen LogP) is 4.45. The van der Waals surface area contributed by atoms with E-state index in [9.17, 15) is 14.4 Å². The van der Waals surface area contributed by atoms with Gasteiger partial charge in [-0.25, -0.2) is 0 Å². The van der Waals surface area contributed by atoms with Gasteiger partial charge in [-0.3, -0.25) is 14.4 Å². The topological polar surface area (TPSA) is 87.7 Å². The van der Waals surface area contributed by atoms with Crippen molar-refractivity contribution in [1.29, 1.82) is 0 Å². The van der Waals surface area contributed by atoms with Gasteiger partial charge in [0, 0.05) is 28.7 Å². The third-order valence-corrected chi connectivity index (χ3v) is 5.02. The smallest absolute Gasteiger partial charge is 0.325 e. The first-order valence-corrected chi connectivity index (χ1v) is 11.1. The number of hydrogen-bond donors (Lipinski definition) is 2. The van der Waals surface area contributed by atoms with E-state index >= 15 is 0 Å². The number of rotatable bonds is 9. The number of amides is 2. The third-order valence-electron chi connectivity index (χ3n) is 5.02. The number of hydrogen-bond acceptors (Lipinski definition) is 5. The lowest BCUT2D eigenvalue weighted by Crippen LogP contribution is -2.40. The lowest BCUT2D eigenvalue weighted by Gasteiger charge is -2.27. The van der Waals surface area contributed by atoms with Crippen LogP contribution in [0, 0.1) is 6.92 Å². The average Bonchev–Trinajstić information content (AvgIpc) is 2.83. The van der Waals surface area contributed by atoms with Gasteiger partial charge in [-0.05, 0) is 69.3 Å². The minimum absolute atomic E-state index is 0.139. The zero-order valence-corrected chi connectivity index (χ0v) is 19.6. The number of para-hydroxylation sites is 1. The molecule has 0 bridgehead atoms. The molecule has 0 fully saturated rings. The SMILES string of the molecule is Cc1cccc(C(=O)NCC(=O)OCC(=O)N(c2ccc(Nc3ccccc3)cc2)C(C)C)c1. The molecule has 0 atom stereocenters. The highest BCUT2D eigenvalue weighted by Gasteiger charge is 2.21. The molecule has 3 aromatic carbocycles. The standard InChI is InChI=1S/C27H29N3O4/c1-19(2)30(24-14-12-23(13-15-24)29-22-10-5-4-6-11-22)25(31)18-34-26(32)17-28-27(33)21-9-7-8-20(3)16-21/h4-16,19,29H,17-18H2,1-3H3,(H,28,33). The Hall–Kier alpha value is -4.13. The van der Waals surface area contributed by atoms with Gasteiger partial charge in [0.2, 0.25) is 0 Å². The summed E-state index contributed by atoms with van der Waals surface area (Å²) in [5.74, 6) is -1.41. The van der Waals surface area contributed by atoms with Crippen molar-refractivity contribution >= 4 is 34.8 Å². The van der Waals surface area contributed by atoms with Gasteiger partial charge in [0.05, 0.1) is 0 Å². The number of ether oxygens (including phenoxy) is 1. The van der Waals surface area contributed by atoms with Crippen molar-refractivity contribution in [3.05, 3.63) is 90.0 Å². The van der Waals surface area contributed by atoms with E-state index in [2.05, 4.69) is 10.6 Å². The molecule has 176 valence electrons. The van der Waals surface area contributed by atoms with Crippen molar-refractivity contribution in [1.82, 2.24) is 5.32 Å². The Bertz CT molecular complexity index is 1130. The van der Waals surface area contributed by atoms with Crippen LogP contribution in [-0.4, -0.2) is 37.0 Å². The second-order valence-electron chi connectivity index (χ2n) is 8.11. The third kappa shape index (κ3) is 6.93. The average molecular weight is 460 g/mol. The molecule has 0 saturated carbocycles. The van der Waals surface area contributed by atoms with Crippen LogP contribution < -0.4 is 15.5 Å². The Morgan fingerprint density at radius 2 is 1.56 bits per heavy atom. The number of benzene rings is 3. The van der Waals surface area contributed by atoms with Crippen LogP contribution in [0.3, 0.4) is 0 Å². The molecule has 0 spiro atoms. The molecule has 0 aliphatic carbocycles. The van der Waals surface area contributed by atoms with Gasteiger partial charge in [-0.1, -0.05) is 35.9 Å². The molecule has 2 N–H and O–H groups in total. The van der Waals surface area contributed by atoms with Crippen molar-refractivity contribution in [2.45, 2.75) is 26.8 Å². The van der Waals surface area contributed by atoms with E-state index in [0.29, 0.717) is 11.3 Å². The maximum atomic E-state index is 12.8. The Kier molecular flexibility index (Phi) is 8.40. The molecule has 0 saturated heterocycles. The van der Waals surface area contributed by atoms with Crippen molar-refractivity contribution < 1.29 is 19.1 Å². The molecule has 0 radical (unpaired) electrons. The lowest BCUT2D eigenvalue weighted by molar-refractivity contribution is -0.146. The van der Waals surface area contributed by atoms with E-state index < -0.39 is 12.6 Å². The van der Waals surface area contributed by atoms with Crippen LogP contribution in [0.2, 0.25) is 0 Å². The fraction of sp³-hybridized carbons (Fsp3) is 0.222. The number of nitrogens with zero attached hydrogens (tertiary/aromatic N) is 1. The predicted molar refractivity (Wildman–Crippen MR) is 133 cm³/mol. The quantitative estimate of drug-likeness (QED) is 0.462. The second kappa shape index (κ2) is 11.7. The summed E-state index contributed by atoms with van der Waals surface area (Å²) in [5.41, 5.74) is 3.95. The monoisotopic (exact) mass is 459 g/mol. The molecule has 3 aromatic rings. The Labute approximate surface area is 199 Å². The summed E-state index contributed by atoms with van der Waals surface area (Å²) in [7, 11) is 0. The van der Waals surface area contributed by atoms with E-state index in [0.717, 1.165) is 16.9 Å². The van der Waals surface area contributed by atoms with Crippen molar-refractivity contribution in [3.8, 4) is 0 Å². The summed E-state index contributed by atoms with van der Waals surface area (Å²) in [6, 6.07) is 24.1. The highest BCUT2D eigenvalue weighted by Crippen LogP contribution is 2.23. The molecule has 2 amide bonds. The van der Waals surface area contributed by atoms with Crippen LogP contribution in [0.1, 0.15) is 29.8 Å². The van der Waals surface area contributed by atoms with Crippen LogP contribution in [0.4, 0.5) is 17.1 Å². The van der Waals surface area contributed by atoms with Gasteiger partial charge in [0.15, 0.2) is 6.61 Å². The number of carbonyl (C=O) groups excluding carboxylic acids is 3. The number of nitrogens with one attached hydrogen (secondary N) is 2. The number of carbonyl (C=O) groups is 3. The molecule has 7 heteroatoms. The highest BCUT2D eigenvalue weighted by molar-refractivity contribution is 5.97. The summed E-state index contributed by atoms with van der Waals surface area (Å²) < 4.78 is 5.11. The van der Waals surface area contributed by atoms with Crippen LogP contribution in [0.15, 0.2) is 78.9 Å². The van der Waals surface area contributed by atoms with Gasteiger partial charge < -0.3 is 20.3 Å². The number of aryl methyl sites for hydroxylation is 1. The molecule has 0 unspecified atom stereocenters. The van der Waals surface area contributed by atoms with E-state index in [-0.39, 0.29) is 24.4 Å². The van der Waals surface area contributed by atoms with E-state index in [4.69, 9.17) is 4.74 Å². The molecule has 0 aromatic heterocycles. The number of anilines is 3. The number of esters is 1. The fourth-order valence-electron chi connectivity index (χ4n) is 3.43. The van der Waals surface area contributed by atoms with Crippen molar-refractivity contribution in [2.75, 3.05) is 23.4 Å². The first-order chi connectivity index (χ1) is 16.3. The van der Waals surface area contributed by atoms with Gasteiger partial charge in [-0.2, -0.15) is 0 Å². The van der Waals surface area contributed by atoms with Crippen LogP contribution in [0.25, 0.3) is 0 Å². The summed E-state index contributed by atoms with van der Waals surface area (Å²) in [6.45, 7) is 4.92. The van der Waals surface area contributed by atoms with Gasteiger partial charge in [-0.15, -0.1) is 0 Å². The minimum Gasteiger partial charge on any atom is -0.454 e. The van der Waals surface area contributed by atoms with E-state index in [1.807, 2.05) is 81.4 Å². The van der Waals surface area contributed by atoms with Crippen LogP contribution in [0.5, 0.6) is 0 Å². The van der Waals surface area contributed by atoms with Crippen molar-refractivity contribution in [2.24, 2.45) is 0 Å². The largest absolute Gasteiger partial charge is 0.454 e. The normalized spacial score (nSPS) is 10.5. The summed E-state index contributed by atoms with van der Waals surface area (Å²) in [4.78, 5) is 38.6. The first-order valence-electron chi connectivity index (χ1n) is 11.1. The van der Waals surface area contributed by atoms with Crippen molar-refractivity contribution in [3.63, 3.8) is 0 Å². The summed E-state index contributed by atoms with van der Waals surface area (Å²) >= 11 is 0. The Morgan fingerprint density at radius 3 is 2.21 bits per heavy atom. The first kappa shape index (κ1) is 24.5. The maximum absolute atomic E-state index is 12.8. The molecular weight excluding hydrogens is 430 g/mol. The van der Waals surface area contributed by atoms with E-state index in [1.54, 1.807) is 23.1 Å². The molecule has 0 aliphatic heterocycles.